The molecular weight excluding hydrogens is 304 g/mol. The van der Waals surface area contributed by atoms with Crippen LogP contribution in [0.2, 0.25) is 0 Å². The Kier molecular flexibility index (Phi) is 6.21. The van der Waals surface area contributed by atoms with E-state index < -0.39 is 0 Å². The maximum absolute atomic E-state index is 3.64. The average molecular weight is 332 g/mol. The highest BCUT2D eigenvalue weighted by molar-refractivity contribution is 5.86. The van der Waals surface area contributed by atoms with Crippen LogP contribution in [0.1, 0.15) is 36.9 Å². The van der Waals surface area contributed by atoms with Crippen molar-refractivity contribution in [3.63, 3.8) is 0 Å². The standard InChI is InChI=1S/C23H28N2/c1-18(20-9-4-3-5-10-20)17-24-15-16-25-19(2)22-14-8-12-21-11-6-7-13-23(21)22/h3-14,18-19,24-25H,15-17H2,1-2H3/t18-,19-/m0/s1. The van der Waals surface area contributed by atoms with E-state index in [-0.39, 0.29) is 0 Å². The van der Waals surface area contributed by atoms with Crippen LogP contribution in [0.15, 0.2) is 72.8 Å². The fourth-order valence-electron chi connectivity index (χ4n) is 3.33. The van der Waals surface area contributed by atoms with Crippen LogP contribution in [0.3, 0.4) is 0 Å². The zero-order valence-corrected chi connectivity index (χ0v) is 15.2. The molecule has 0 aliphatic carbocycles. The number of hydrogen-bond donors (Lipinski definition) is 2. The Balaban J connectivity index is 1.46. The van der Waals surface area contributed by atoms with E-state index >= 15 is 0 Å². The van der Waals surface area contributed by atoms with Gasteiger partial charge >= 0.3 is 0 Å². The molecule has 130 valence electrons. The molecule has 0 amide bonds. The Labute approximate surface area is 151 Å². The Hall–Kier alpha value is -2.16. The molecule has 3 rings (SSSR count). The van der Waals surface area contributed by atoms with E-state index in [4.69, 9.17) is 0 Å². The third-order valence-electron chi connectivity index (χ3n) is 4.86. The summed E-state index contributed by atoms with van der Waals surface area (Å²) in [5.74, 6) is 0.539. The molecule has 3 aromatic carbocycles. The van der Waals surface area contributed by atoms with Crippen LogP contribution in [0.5, 0.6) is 0 Å². The number of hydrogen-bond acceptors (Lipinski definition) is 2. The van der Waals surface area contributed by atoms with Gasteiger partial charge in [0.25, 0.3) is 0 Å². The Bertz CT molecular complexity index is 777. The van der Waals surface area contributed by atoms with Crippen molar-refractivity contribution in [2.45, 2.75) is 25.8 Å². The monoisotopic (exact) mass is 332 g/mol. The maximum atomic E-state index is 3.64. The number of fused-ring (bicyclic) bond motifs is 1. The summed E-state index contributed by atoms with van der Waals surface area (Å²) in [4.78, 5) is 0. The molecule has 0 aromatic heterocycles. The second-order valence-electron chi connectivity index (χ2n) is 6.76. The number of benzene rings is 3. The molecule has 0 aliphatic rings. The molecule has 2 nitrogen and oxygen atoms in total. The van der Waals surface area contributed by atoms with E-state index in [1.54, 1.807) is 0 Å². The molecule has 2 N–H and O–H groups in total. The Morgan fingerprint density at radius 2 is 1.48 bits per heavy atom. The molecule has 3 aromatic rings. The first-order chi connectivity index (χ1) is 12.3. The zero-order chi connectivity index (χ0) is 17.5. The van der Waals surface area contributed by atoms with Crippen molar-refractivity contribution < 1.29 is 0 Å². The highest BCUT2D eigenvalue weighted by Gasteiger charge is 2.08. The molecule has 0 heterocycles. The molecule has 0 saturated heterocycles. The third kappa shape index (κ3) is 4.68. The van der Waals surface area contributed by atoms with Gasteiger partial charge in [-0.15, -0.1) is 0 Å². The molecule has 2 atom stereocenters. The first kappa shape index (κ1) is 17.7. The predicted octanol–water partition coefficient (Wildman–Crippen LogP) is 4.88. The largest absolute Gasteiger partial charge is 0.315 e. The lowest BCUT2D eigenvalue weighted by atomic mass is 10.00. The SMILES string of the molecule is C[C@H](NCCNC[C@H](C)c1ccccc1)c1cccc2ccccc12. The van der Waals surface area contributed by atoms with E-state index in [0.717, 1.165) is 19.6 Å². The van der Waals surface area contributed by atoms with Gasteiger partial charge in [-0.1, -0.05) is 79.7 Å². The minimum atomic E-state index is 0.347. The summed E-state index contributed by atoms with van der Waals surface area (Å²) in [7, 11) is 0. The third-order valence-corrected chi connectivity index (χ3v) is 4.86. The Morgan fingerprint density at radius 3 is 2.32 bits per heavy atom. The highest BCUT2D eigenvalue weighted by Crippen LogP contribution is 2.23. The number of rotatable bonds is 8. The first-order valence-corrected chi connectivity index (χ1v) is 9.22. The summed E-state index contributed by atoms with van der Waals surface area (Å²) in [6.45, 7) is 7.47. The van der Waals surface area contributed by atoms with Gasteiger partial charge in [-0.05, 0) is 34.7 Å². The molecule has 0 bridgehead atoms. The van der Waals surface area contributed by atoms with Crippen molar-refractivity contribution in [3.05, 3.63) is 83.9 Å². The van der Waals surface area contributed by atoms with Crippen LogP contribution in [0.25, 0.3) is 10.8 Å². The molecule has 0 aliphatic heterocycles. The van der Waals surface area contributed by atoms with Crippen molar-refractivity contribution in [3.8, 4) is 0 Å². The topological polar surface area (TPSA) is 24.1 Å². The zero-order valence-electron chi connectivity index (χ0n) is 15.2. The van der Waals surface area contributed by atoms with Gasteiger partial charge < -0.3 is 10.6 Å². The van der Waals surface area contributed by atoms with Crippen molar-refractivity contribution >= 4 is 10.8 Å². The smallest absolute Gasteiger partial charge is 0.0298 e. The minimum Gasteiger partial charge on any atom is -0.315 e. The molecule has 0 radical (unpaired) electrons. The van der Waals surface area contributed by atoms with Gasteiger partial charge in [0.2, 0.25) is 0 Å². The van der Waals surface area contributed by atoms with E-state index in [9.17, 15) is 0 Å². The van der Waals surface area contributed by atoms with Gasteiger partial charge in [0.05, 0.1) is 0 Å². The highest BCUT2D eigenvalue weighted by atomic mass is 15.0. The molecule has 25 heavy (non-hydrogen) atoms. The quantitative estimate of drug-likeness (QED) is 0.574. The maximum Gasteiger partial charge on any atom is 0.0298 e. The van der Waals surface area contributed by atoms with Crippen molar-refractivity contribution in [1.82, 2.24) is 10.6 Å². The van der Waals surface area contributed by atoms with E-state index in [1.165, 1.54) is 21.9 Å². The van der Waals surface area contributed by atoms with Crippen LogP contribution in [-0.4, -0.2) is 19.6 Å². The van der Waals surface area contributed by atoms with Gasteiger partial charge in [-0.25, -0.2) is 0 Å². The van der Waals surface area contributed by atoms with Crippen LogP contribution in [0, 0.1) is 0 Å². The summed E-state index contributed by atoms with van der Waals surface area (Å²) in [6, 6.07) is 26.2. The molecule has 0 fully saturated rings. The molecule has 0 saturated carbocycles. The van der Waals surface area contributed by atoms with E-state index in [0.29, 0.717) is 12.0 Å². The van der Waals surface area contributed by atoms with Gasteiger partial charge in [-0.3, -0.25) is 0 Å². The summed E-state index contributed by atoms with van der Waals surface area (Å²) in [6.07, 6.45) is 0. The second-order valence-corrected chi connectivity index (χ2v) is 6.76. The fourth-order valence-corrected chi connectivity index (χ4v) is 3.33. The van der Waals surface area contributed by atoms with Crippen LogP contribution in [-0.2, 0) is 0 Å². The van der Waals surface area contributed by atoms with Gasteiger partial charge in [0.1, 0.15) is 0 Å². The summed E-state index contributed by atoms with van der Waals surface area (Å²) < 4.78 is 0. The first-order valence-electron chi connectivity index (χ1n) is 9.22. The lowest BCUT2D eigenvalue weighted by Crippen LogP contribution is -2.31. The molecule has 2 heteroatoms. The van der Waals surface area contributed by atoms with Crippen molar-refractivity contribution in [2.75, 3.05) is 19.6 Å². The summed E-state index contributed by atoms with van der Waals surface area (Å²) >= 11 is 0. The molecule has 0 spiro atoms. The van der Waals surface area contributed by atoms with Gasteiger partial charge in [-0.2, -0.15) is 0 Å². The Morgan fingerprint density at radius 1 is 0.760 bits per heavy atom. The lowest BCUT2D eigenvalue weighted by Gasteiger charge is -2.18. The van der Waals surface area contributed by atoms with Crippen LogP contribution >= 0.6 is 0 Å². The summed E-state index contributed by atoms with van der Waals surface area (Å²) in [5.41, 5.74) is 2.77. The van der Waals surface area contributed by atoms with Crippen LogP contribution < -0.4 is 10.6 Å². The number of nitrogens with one attached hydrogen (secondary N) is 2. The van der Waals surface area contributed by atoms with E-state index in [2.05, 4.69) is 97.3 Å². The lowest BCUT2D eigenvalue weighted by molar-refractivity contribution is 0.535. The second kappa shape index (κ2) is 8.80. The van der Waals surface area contributed by atoms with E-state index in [1.807, 2.05) is 0 Å². The van der Waals surface area contributed by atoms with Gasteiger partial charge in [0, 0.05) is 25.7 Å². The summed E-state index contributed by atoms with van der Waals surface area (Å²) in [5, 5.41) is 9.86. The van der Waals surface area contributed by atoms with Crippen molar-refractivity contribution in [2.24, 2.45) is 0 Å². The normalized spacial score (nSPS) is 13.7. The van der Waals surface area contributed by atoms with Crippen molar-refractivity contribution in [1.29, 1.82) is 0 Å². The molecule has 0 unspecified atom stereocenters. The molecular formula is C23H28N2. The van der Waals surface area contributed by atoms with Gasteiger partial charge in [0.15, 0.2) is 0 Å². The predicted molar refractivity (Wildman–Crippen MR) is 108 cm³/mol. The fraction of sp³-hybridized carbons (Fsp3) is 0.304. The average Bonchev–Trinajstić information content (AvgIpc) is 2.67. The minimum absolute atomic E-state index is 0.347. The van der Waals surface area contributed by atoms with Crippen LogP contribution in [0.4, 0.5) is 0 Å².